The molecular formula is C17H25ClO2. The molecule has 0 aliphatic rings. The minimum absolute atomic E-state index is 0.452. The largest absolute Gasteiger partial charge is 0.493 e. The lowest BCUT2D eigenvalue weighted by atomic mass is 10.1. The van der Waals surface area contributed by atoms with Gasteiger partial charge < -0.3 is 4.74 Å². The minimum atomic E-state index is 0.452. The van der Waals surface area contributed by atoms with Crippen LogP contribution in [0.3, 0.4) is 0 Å². The fraction of sp³-hybridized carbons (Fsp3) is 0.588. The maximum Gasteiger partial charge on any atom is 0.155 e. The number of ether oxygens (including phenoxy) is 1. The van der Waals surface area contributed by atoms with Gasteiger partial charge in [-0.15, -0.1) is 0 Å². The second-order valence-electron chi connectivity index (χ2n) is 5.09. The van der Waals surface area contributed by atoms with Gasteiger partial charge in [-0.25, -0.2) is 0 Å². The molecule has 1 rings (SSSR count). The molecule has 0 heterocycles. The summed E-state index contributed by atoms with van der Waals surface area (Å²) >= 11 is 5.94. The lowest BCUT2D eigenvalue weighted by Gasteiger charge is -2.09. The second kappa shape index (κ2) is 10.7. The van der Waals surface area contributed by atoms with Crippen molar-refractivity contribution in [2.45, 2.75) is 58.3 Å². The number of benzene rings is 1. The van der Waals surface area contributed by atoms with E-state index < -0.39 is 0 Å². The average molecular weight is 297 g/mol. The van der Waals surface area contributed by atoms with Crippen molar-refractivity contribution in [1.82, 2.24) is 0 Å². The Bertz CT molecular complexity index is 391. The van der Waals surface area contributed by atoms with Crippen molar-refractivity contribution in [3.63, 3.8) is 0 Å². The summed E-state index contributed by atoms with van der Waals surface area (Å²) in [4.78, 5) is 10.9. The van der Waals surface area contributed by atoms with E-state index in [0.29, 0.717) is 22.9 Å². The minimum Gasteiger partial charge on any atom is -0.493 e. The predicted octanol–water partition coefficient (Wildman–Crippen LogP) is 5.67. The topological polar surface area (TPSA) is 26.3 Å². The average Bonchev–Trinajstić information content (AvgIpc) is 2.45. The summed E-state index contributed by atoms with van der Waals surface area (Å²) in [5.41, 5.74) is 0.453. The normalized spacial score (nSPS) is 10.5. The first-order valence-electron chi connectivity index (χ1n) is 7.66. The molecule has 0 bridgehead atoms. The van der Waals surface area contributed by atoms with Crippen molar-refractivity contribution in [1.29, 1.82) is 0 Å². The summed E-state index contributed by atoms with van der Waals surface area (Å²) in [7, 11) is 0. The van der Waals surface area contributed by atoms with Crippen LogP contribution in [0.2, 0.25) is 5.02 Å². The Morgan fingerprint density at radius 3 is 2.35 bits per heavy atom. The zero-order chi connectivity index (χ0) is 14.6. The second-order valence-corrected chi connectivity index (χ2v) is 5.50. The van der Waals surface area contributed by atoms with Gasteiger partial charge in [0.05, 0.1) is 17.2 Å². The maximum atomic E-state index is 10.9. The van der Waals surface area contributed by atoms with Gasteiger partial charge >= 0.3 is 0 Å². The predicted molar refractivity (Wildman–Crippen MR) is 84.9 cm³/mol. The molecule has 0 N–H and O–H groups in total. The molecule has 0 atom stereocenters. The van der Waals surface area contributed by atoms with Gasteiger partial charge in [-0.2, -0.15) is 0 Å². The summed E-state index contributed by atoms with van der Waals surface area (Å²) in [5.74, 6) is 0.593. The van der Waals surface area contributed by atoms with Gasteiger partial charge in [0.1, 0.15) is 5.75 Å². The van der Waals surface area contributed by atoms with Gasteiger partial charge in [0.15, 0.2) is 6.29 Å². The third-order valence-electron chi connectivity index (χ3n) is 3.39. The van der Waals surface area contributed by atoms with E-state index in [1.807, 2.05) is 0 Å². The summed E-state index contributed by atoms with van der Waals surface area (Å²) in [6.07, 6.45) is 10.9. The maximum absolute atomic E-state index is 10.9. The molecule has 20 heavy (non-hydrogen) atoms. The Morgan fingerprint density at radius 1 is 1.05 bits per heavy atom. The molecule has 112 valence electrons. The van der Waals surface area contributed by atoms with Crippen LogP contribution in [0, 0.1) is 0 Å². The van der Waals surface area contributed by atoms with Crippen LogP contribution in [-0.2, 0) is 0 Å². The number of hydrogen-bond acceptors (Lipinski definition) is 2. The number of rotatable bonds is 11. The monoisotopic (exact) mass is 296 g/mol. The Morgan fingerprint density at radius 2 is 1.70 bits per heavy atom. The summed E-state index contributed by atoms with van der Waals surface area (Å²) in [6.45, 7) is 2.89. The van der Waals surface area contributed by atoms with Crippen LogP contribution in [0.15, 0.2) is 18.2 Å². The van der Waals surface area contributed by atoms with E-state index in [9.17, 15) is 4.79 Å². The van der Waals surface area contributed by atoms with Crippen molar-refractivity contribution in [2.75, 3.05) is 6.61 Å². The lowest BCUT2D eigenvalue weighted by Crippen LogP contribution is -2.00. The lowest BCUT2D eigenvalue weighted by molar-refractivity contribution is 0.111. The molecule has 0 unspecified atom stereocenters. The third kappa shape index (κ3) is 6.42. The van der Waals surface area contributed by atoms with E-state index >= 15 is 0 Å². The molecule has 2 nitrogen and oxygen atoms in total. The van der Waals surface area contributed by atoms with Crippen molar-refractivity contribution in [3.8, 4) is 5.75 Å². The van der Waals surface area contributed by atoms with Crippen LogP contribution in [0.25, 0.3) is 0 Å². The van der Waals surface area contributed by atoms with Gasteiger partial charge in [0, 0.05) is 0 Å². The Hall–Kier alpha value is -1.02. The van der Waals surface area contributed by atoms with E-state index in [1.54, 1.807) is 18.2 Å². The molecule has 0 amide bonds. The Balaban J connectivity index is 2.13. The number of unbranched alkanes of at least 4 members (excludes halogenated alkanes) is 7. The summed E-state index contributed by atoms with van der Waals surface area (Å²) in [5, 5.41) is 0.452. The first-order chi connectivity index (χ1) is 9.79. The van der Waals surface area contributed by atoms with Crippen LogP contribution >= 0.6 is 11.6 Å². The number of aldehydes is 1. The summed E-state index contributed by atoms with van der Waals surface area (Å²) in [6, 6.07) is 5.30. The summed E-state index contributed by atoms with van der Waals surface area (Å²) < 4.78 is 5.64. The molecule has 0 radical (unpaired) electrons. The Kier molecular flexibility index (Phi) is 9.14. The molecule has 1 aromatic rings. The van der Waals surface area contributed by atoms with Gasteiger partial charge in [-0.05, 0) is 18.6 Å². The molecule has 0 spiro atoms. The number of carbonyl (C=O) groups excluding carboxylic acids is 1. The van der Waals surface area contributed by atoms with E-state index in [-0.39, 0.29) is 0 Å². The molecule has 0 aliphatic carbocycles. The number of hydrogen-bond donors (Lipinski definition) is 0. The van der Waals surface area contributed by atoms with Crippen molar-refractivity contribution in [3.05, 3.63) is 28.8 Å². The van der Waals surface area contributed by atoms with Crippen LogP contribution < -0.4 is 4.74 Å². The van der Waals surface area contributed by atoms with Crippen LogP contribution in [-0.4, -0.2) is 12.9 Å². The molecule has 0 fully saturated rings. The highest BCUT2D eigenvalue weighted by Gasteiger charge is 2.06. The molecule has 0 saturated carbocycles. The molecule has 0 aliphatic heterocycles. The fourth-order valence-corrected chi connectivity index (χ4v) is 2.39. The van der Waals surface area contributed by atoms with E-state index in [4.69, 9.17) is 16.3 Å². The first-order valence-corrected chi connectivity index (χ1v) is 8.04. The van der Waals surface area contributed by atoms with Gasteiger partial charge in [-0.3, -0.25) is 4.79 Å². The molecular weight excluding hydrogens is 272 g/mol. The van der Waals surface area contributed by atoms with Gasteiger partial charge in [-0.1, -0.05) is 69.5 Å². The number of carbonyl (C=O) groups is 1. The van der Waals surface area contributed by atoms with Crippen molar-refractivity contribution in [2.24, 2.45) is 0 Å². The van der Waals surface area contributed by atoms with E-state index in [2.05, 4.69) is 6.92 Å². The van der Waals surface area contributed by atoms with Crippen LogP contribution in [0.4, 0.5) is 0 Å². The highest BCUT2D eigenvalue weighted by molar-refractivity contribution is 6.33. The standard InChI is InChI=1S/C17H25ClO2/c1-2-3-4-5-6-7-8-9-13-20-17-12-10-11-16(18)15(17)14-19/h10-12,14H,2-9,13H2,1H3. The molecule has 0 aromatic heterocycles. The highest BCUT2D eigenvalue weighted by atomic mass is 35.5. The highest BCUT2D eigenvalue weighted by Crippen LogP contribution is 2.24. The van der Waals surface area contributed by atoms with Crippen molar-refractivity contribution < 1.29 is 9.53 Å². The Labute approximate surface area is 127 Å². The van der Waals surface area contributed by atoms with Crippen LogP contribution in [0.5, 0.6) is 5.75 Å². The molecule has 3 heteroatoms. The van der Waals surface area contributed by atoms with E-state index in [1.165, 1.54) is 44.9 Å². The zero-order valence-electron chi connectivity index (χ0n) is 12.4. The zero-order valence-corrected chi connectivity index (χ0v) is 13.1. The SMILES string of the molecule is CCCCCCCCCCOc1cccc(Cl)c1C=O. The molecule has 0 saturated heterocycles. The van der Waals surface area contributed by atoms with E-state index in [0.717, 1.165) is 12.7 Å². The van der Waals surface area contributed by atoms with Gasteiger partial charge in [0.2, 0.25) is 0 Å². The molecule has 1 aromatic carbocycles. The van der Waals surface area contributed by atoms with Crippen LogP contribution in [0.1, 0.15) is 68.6 Å². The first kappa shape index (κ1) is 17.0. The number of halogens is 1. The smallest absolute Gasteiger partial charge is 0.155 e. The van der Waals surface area contributed by atoms with Crippen molar-refractivity contribution >= 4 is 17.9 Å². The van der Waals surface area contributed by atoms with Gasteiger partial charge in [0.25, 0.3) is 0 Å². The fourth-order valence-electron chi connectivity index (χ4n) is 2.18. The third-order valence-corrected chi connectivity index (χ3v) is 3.72. The quantitative estimate of drug-likeness (QED) is 0.388.